The molecule has 142 valence electrons. The highest BCUT2D eigenvalue weighted by molar-refractivity contribution is 7.18. The normalized spacial score (nSPS) is 10.4. The minimum atomic E-state index is -0.745. The first-order valence-corrected chi connectivity index (χ1v) is 8.93. The van der Waals surface area contributed by atoms with Gasteiger partial charge in [-0.1, -0.05) is 11.6 Å². The molecule has 27 heavy (non-hydrogen) atoms. The van der Waals surface area contributed by atoms with E-state index in [1.165, 1.54) is 19.1 Å². The van der Waals surface area contributed by atoms with Crippen molar-refractivity contribution in [1.82, 2.24) is 0 Å². The molecule has 0 radical (unpaired) electrons. The van der Waals surface area contributed by atoms with Gasteiger partial charge in [-0.05, 0) is 32.4 Å². The molecule has 8 nitrogen and oxygen atoms in total. The summed E-state index contributed by atoms with van der Waals surface area (Å²) >= 11 is 6.90. The predicted octanol–water partition coefficient (Wildman–Crippen LogP) is 4.25. The zero-order chi connectivity index (χ0) is 20.3. The molecule has 2 aromatic rings. The van der Waals surface area contributed by atoms with Gasteiger partial charge in [0.05, 0.1) is 32.6 Å². The molecule has 0 saturated heterocycles. The Morgan fingerprint density at radius 3 is 2.56 bits per heavy atom. The number of hydrogen-bond donors (Lipinski definition) is 1. The topological polar surface area (TPSA) is 116 Å². The van der Waals surface area contributed by atoms with Gasteiger partial charge in [0.1, 0.15) is 5.00 Å². The zero-order valence-corrected chi connectivity index (χ0v) is 16.2. The monoisotopic (exact) mass is 410 g/mol. The summed E-state index contributed by atoms with van der Waals surface area (Å²) in [5, 5.41) is 13.6. The van der Waals surface area contributed by atoms with Gasteiger partial charge in [-0.15, -0.1) is 11.3 Å². The lowest BCUT2D eigenvalue weighted by molar-refractivity contribution is -0.384. The number of ketones is 1. The number of non-ortho nitro benzene ring substituents is 1. The number of carbonyl (C=O) groups is 3. The van der Waals surface area contributed by atoms with Crippen LogP contribution >= 0.6 is 22.9 Å². The summed E-state index contributed by atoms with van der Waals surface area (Å²) < 4.78 is 4.99. The van der Waals surface area contributed by atoms with Crippen molar-refractivity contribution in [2.24, 2.45) is 0 Å². The Morgan fingerprint density at radius 2 is 2.00 bits per heavy atom. The van der Waals surface area contributed by atoms with Gasteiger partial charge in [0.2, 0.25) is 0 Å². The highest BCUT2D eigenvalue weighted by atomic mass is 35.5. The second kappa shape index (κ2) is 8.28. The first kappa shape index (κ1) is 20.5. The lowest BCUT2D eigenvalue weighted by Gasteiger charge is -2.08. The van der Waals surface area contributed by atoms with Crippen molar-refractivity contribution in [3.8, 4) is 0 Å². The van der Waals surface area contributed by atoms with Gasteiger partial charge < -0.3 is 10.1 Å². The summed E-state index contributed by atoms with van der Waals surface area (Å²) in [6.45, 7) is 4.67. The average molecular weight is 411 g/mol. The fraction of sp³-hybridized carbons (Fsp3) is 0.235. The molecule has 0 aliphatic rings. The van der Waals surface area contributed by atoms with E-state index in [1.54, 1.807) is 13.8 Å². The molecule has 0 bridgehead atoms. The highest BCUT2D eigenvalue weighted by Gasteiger charge is 2.26. The van der Waals surface area contributed by atoms with Crippen molar-refractivity contribution >= 4 is 51.3 Å². The number of nitro groups is 1. The van der Waals surface area contributed by atoms with Crippen LogP contribution in [0.1, 0.15) is 49.8 Å². The van der Waals surface area contributed by atoms with Crippen LogP contribution in [0.15, 0.2) is 18.2 Å². The van der Waals surface area contributed by atoms with E-state index in [1.807, 2.05) is 0 Å². The number of halogens is 1. The Bertz CT molecular complexity index is 953. The van der Waals surface area contributed by atoms with E-state index in [2.05, 4.69) is 5.32 Å². The number of amides is 1. The van der Waals surface area contributed by atoms with E-state index in [-0.39, 0.29) is 39.2 Å². The number of Topliss-reactive ketones (excluding diaryl/α,β-unsaturated/α-hetero) is 1. The van der Waals surface area contributed by atoms with E-state index in [9.17, 15) is 24.5 Å². The summed E-state index contributed by atoms with van der Waals surface area (Å²) in [5.41, 5.74) is 0.0337. The van der Waals surface area contributed by atoms with Gasteiger partial charge >= 0.3 is 5.97 Å². The van der Waals surface area contributed by atoms with Gasteiger partial charge in [0.15, 0.2) is 5.78 Å². The molecule has 0 spiro atoms. The van der Waals surface area contributed by atoms with Crippen LogP contribution in [-0.4, -0.2) is 29.2 Å². The van der Waals surface area contributed by atoms with Crippen LogP contribution in [0.5, 0.6) is 0 Å². The molecule has 0 aliphatic carbocycles. The van der Waals surface area contributed by atoms with Gasteiger partial charge in [0.25, 0.3) is 11.6 Å². The molecule has 0 atom stereocenters. The standard InChI is InChI=1S/C17H15ClN2O6S/c1-4-26-17(23)13-8(2)14(9(3)21)27-16(13)19-15(22)11-7-10(20(24)25)5-6-12(11)18/h5-7H,4H2,1-3H3,(H,19,22). The maximum atomic E-state index is 12.6. The fourth-order valence-corrected chi connectivity index (χ4v) is 3.65. The summed E-state index contributed by atoms with van der Waals surface area (Å²) in [5.74, 6) is -1.69. The molecule has 1 aromatic carbocycles. The van der Waals surface area contributed by atoms with E-state index in [4.69, 9.17) is 16.3 Å². The number of ether oxygens (including phenoxy) is 1. The quantitative estimate of drug-likeness (QED) is 0.329. The third-order valence-corrected chi connectivity index (χ3v) is 5.22. The first-order valence-electron chi connectivity index (χ1n) is 7.74. The van der Waals surface area contributed by atoms with Crippen LogP contribution in [0, 0.1) is 17.0 Å². The van der Waals surface area contributed by atoms with E-state index >= 15 is 0 Å². The number of nitrogens with zero attached hydrogens (tertiary/aromatic N) is 1. The van der Waals surface area contributed by atoms with Crippen LogP contribution in [0.3, 0.4) is 0 Å². The Morgan fingerprint density at radius 1 is 1.33 bits per heavy atom. The number of nitro benzene ring substituents is 1. The summed E-state index contributed by atoms with van der Waals surface area (Å²) in [7, 11) is 0. The van der Waals surface area contributed by atoms with Crippen molar-refractivity contribution in [3.63, 3.8) is 0 Å². The Balaban J connectivity index is 2.47. The maximum absolute atomic E-state index is 12.6. The van der Waals surface area contributed by atoms with Gasteiger partial charge in [-0.25, -0.2) is 4.79 Å². The van der Waals surface area contributed by atoms with E-state index < -0.39 is 16.8 Å². The highest BCUT2D eigenvalue weighted by Crippen LogP contribution is 2.35. The predicted molar refractivity (Wildman–Crippen MR) is 101 cm³/mol. The maximum Gasteiger partial charge on any atom is 0.341 e. The number of benzene rings is 1. The average Bonchev–Trinajstić information content (AvgIpc) is 2.91. The largest absolute Gasteiger partial charge is 0.462 e. The van der Waals surface area contributed by atoms with Crippen LogP contribution in [-0.2, 0) is 4.74 Å². The minimum absolute atomic E-state index is 0.0101. The Kier molecular flexibility index (Phi) is 6.29. The molecule has 0 aliphatic heterocycles. The molecule has 0 fully saturated rings. The van der Waals surface area contributed by atoms with Crippen molar-refractivity contribution in [3.05, 3.63) is 54.9 Å². The summed E-state index contributed by atoms with van der Waals surface area (Å²) in [4.78, 5) is 47.2. The summed E-state index contributed by atoms with van der Waals surface area (Å²) in [6.07, 6.45) is 0. The van der Waals surface area contributed by atoms with Gasteiger partial charge in [-0.2, -0.15) is 0 Å². The molecule has 1 heterocycles. The zero-order valence-electron chi connectivity index (χ0n) is 14.6. The molecular weight excluding hydrogens is 396 g/mol. The van der Waals surface area contributed by atoms with E-state index in [0.717, 1.165) is 17.4 Å². The number of thiophene rings is 1. The SMILES string of the molecule is CCOC(=O)c1c(NC(=O)c2cc([N+](=O)[O-])ccc2Cl)sc(C(C)=O)c1C. The molecule has 1 amide bonds. The Hall–Kier alpha value is -2.78. The lowest BCUT2D eigenvalue weighted by atomic mass is 10.1. The third kappa shape index (κ3) is 4.32. The molecule has 10 heteroatoms. The fourth-order valence-electron chi connectivity index (χ4n) is 2.36. The lowest BCUT2D eigenvalue weighted by Crippen LogP contribution is -2.15. The third-order valence-electron chi connectivity index (χ3n) is 3.58. The number of hydrogen-bond acceptors (Lipinski definition) is 7. The van der Waals surface area contributed by atoms with Crippen LogP contribution in [0.2, 0.25) is 5.02 Å². The van der Waals surface area contributed by atoms with Crippen LogP contribution < -0.4 is 5.32 Å². The molecule has 1 aromatic heterocycles. The number of esters is 1. The molecular formula is C17H15ClN2O6S. The van der Waals surface area contributed by atoms with Gasteiger partial charge in [-0.3, -0.25) is 19.7 Å². The van der Waals surface area contributed by atoms with Crippen molar-refractivity contribution < 1.29 is 24.0 Å². The first-order chi connectivity index (χ1) is 12.7. The van der Waals surface area contributed by atoms with Crippen molar-refractivity contribution in [1.29, 1.82) is 0 Å². The molecule has 0 saturated carbocycles. The second-order valence-electron chi connectivity index (χ2n) is 5.41. The molecule has 2 rings (SSSR count). The van der Waals surface area contributed by atoms with E-state index in [0.29, 0.717) is 10.4 Å². The van der Waals surface area contributed by atoms with Crippen molar-refractivity contribution in [2.45, 2.75) is 20.8 Å². The molecule has 1 N–H and O–H groups in total. The number of anilines is 1. The van der Waals surface area contributed by atoms with Crippen molar-refractivity contribution in [2.75, 3.05) is 11.9 Å². The second-order valence-corrected chi connectivity index (χ2v) is 6.84. The number of nitrogens with one attached hydrogen (secondary N) is 1. The minimum Gasteiger partial charge on any atom is -0.462 e. The summed E-state index contributed by atoms with van der Waals surface area (Å²) in [6, 6.07) is 3.45. The van der Waals surface area contributed by atoms with Crippen LogP contribution in [0.25, 0.3) is 0 Å². The number of rotatable bonds is 6. The smallest absolute Gasteiger partial charge is 0.341 e. The Labute approximate surface area is 163 Å². The van der Waals surface area contributed by atoms with Gasteiger partial charge in [0, 0.05) is 12.1 Å². The van der Waals surface area contributed by atoms with Crippen LogP contribution in [0.4, 0.5) is 10.7 Å². The molecule has 0 unspecified atom stereocenters. The number of carbonyl (C=O) groups excluding carboxylic acids is 3.